The highest BCUT2D eigenvalue weighted by Crippen LogP contribution is 2.42. The third-order valence-corrected chi connectivity index (χ3v) is 5.70. The molecule has 1 nitrogen and oxygen atoms in total. The Labute approximate surface area is 120 Å². The van der Waals surface area contributed by atoms with Crippen molar-refractivity contribution in [2.75, 3.05) is 13.2 Å². The Kier molecular flexibility index (Phi) is 6.70. The van der Waals surface area contributed by atoms with Crippen molar-refractivity contribution in [3.8, 4) is 0 Å². The van der Waals surface area contributed by atoms with Gasteiger partial charge < -0.3 is 4.74 Å². The summed E-state index contributed by atoms with van der Waals surface area (Å²) in [6, 6.07) is 0. The molecule has 2 rings (SSSR count). The van der Waals surface area contributed by atoms with Crippen LogP contribution in [0.3, 0.4) is 0 Å². The molecule has 0 heterocycles. The second-order valence-corrected chi connectivity index (χ2v) is 7.01. The summed E-state index contributed by atoms with van der Waals surface area (Å²) in [7, 11) is 0. The average molecular weight is 266 g/mol. The molecule has 0 radical (unpaired) electrons. The number of rotatable bonds is 6. The molecule has 0 aromatic heterocycles. The van der Waals surface area contributed by atoms with Crippen LogP contribution in [-0.2, 0) is 4.74 Å². The topological polar surface area (TPSA) is 9.23 Å². The maximum atomic E-state index is 5.59. The quantitative estimate of drug-likeness (QED) is 0.622. The van der Waals surface area contributed by atoms with Crippen LogP contribution >= 0.6 is 0 Å². The summed E-state index contributed by atoms with van der Waals surface area (Å²) in [5, 5.41) is 0. The van der Waals surface area contributed by atoms with Gasteiger partial charge in [-0.15, -0.1) is 0 Å². The van der Waals surface area contributed by atoms with Crippen LogP contribution in [0, 0.1) is 23.7 Å². The molecule has 0 spiro atoms. The standard InChI is InChI=1S/C18H34O/c1-3-5-15-6-10-17(11-7-15)18-12-8-16(9-13-18)14-19-4-2/h15-18H,3-14H2,1-2H3/t15-,16-,17-,18-. The Bertz CT molecular complexity index is 222. The fraction of sp³-hybridized carbons (Fsp3) is 1.00. The van der Waals surface area contributed by atoms with E-state index >= 15 is 0 Å². The first kappa shape index (κ1) is 15.4. The molecule has 0 atom stereocenters. The van der Waals surface area contributed by atoms with Crippen LogP contribution in [0.25, 0.3) is 0 Å². The van der Waals surface area contributed by atoms with Gasteiger partial charge in [0.05, 0.1) is 0 Å². The van der Waals surface area contributed by atoms with E-state index in [1.165, 1.54) is 64.2 Å². The molecule has 2 saturated carbocycles. The molecular formula is C18H34O. The van der Waals surface area contributed by atoms with Gasteiger partial charge >= 0.3 is 0 Å². The first-order valence-electron chi connectivity index (χ1n) is 8.91. The van der Waals surface area contributed by atoms with E-state index in [2.05, 4.69) is 13.8 Å². The number of ether oxygens (including phenoxy) is 1. The Morgan fingerprint density at radius 1 is 0.737 bits per heavy atom. The maximum Gasteiger partial charge on any atom is 0.0494 e. The minimum Gasteiger partial charge on any atom is -0.381 e. The molecule has 2 fully saturated rings. The minimum atomic E-state index is 0.868. The van der Waals surface area contributed by atoms with Gasteiger partial charge in [-0.1, -0.05) is 32.6 Å². The van der Waals surface area contributed by atoms with Gasteiger partial charge in [-0.2, -0.15) is 0 Å². The van der Waals surface area contributed by atoms with Gasteiger partial charge in [0.25, 0.3) is 0 Å². The van der Waals surface area contributed by atoms with Crippen molar-refractivity contribution in [3.05, 3.63) is 0 Å². The third kappa shape index (κ3) is 4.77. The van der Waals surface area contributed by atoms with E-state index in [0.29, 0.717) is 0 Å². The molecular weight excluding hydrogens is 232 g/mol. The Hall–Kier alpha value is -0.0400. The lowest BCUT2D eigenvalue weighted by molar-refractivity contribution is 0.0710. The molecule has 0 aromatic carbocycles. The molecule has 0 unspecified atom stereocenters. The van der Waals surface area contributed by atoms with Crippen LogP contribution in [0.1, 0.15) is 78.1 Å². The molecule has 1 heteroatoms. The maximum absolute atomic E-state index is 5.59. The lowest BCUT2D eigenvalue weighted by Gasteiger charge is -2.37. The van der Waals surface area contributed by atoms with Gasteiger partial charge in [0, 0.05) is 13.2 Å². The van der Waals surface area contributed by atoms with Crippen molar-refractivity contribution < 1.29 is 4.74 Å². The van der Waals surface area contributed by atoms with E-state index < -0.39 is 0 Å². The predicted octanol–water partition coefficient (Wildman–Crippen LogP) is 5.44. The van der Waals surface area contributed by atoms with Crippen molar-refractivity contribution in [2.24, 2.45) is 23.7 Å². The monoisotopic (exact) mass is 266 g/mol. The van der Waals surface area contributed by atoms with E-state index in [9.17, 15) is 0 Å². The van der Waals surface area contributed by atoms with Crippen molar-refractivity contribution in [1.82, 2.24) is 0 Å². The summed E-state index contributed by atoms with van der Waals surface area (Å²) in [4.78, 5) is 0. The molecule has 2 aliphatic rings. The van der Waals surface area contributed by atoms with Gasteiger partial charge in [-0.3, -0.25) is 0 Å². The molecule has 0 aliphatic heterocycles. The normalized spacial score (nSPS) is 36.3. The molecule has 2 aliphatic carbocycles. The van der Waals surface area contributed by atoms with Gasteiger partial charge in [0.2, 0.25) is 0 Å². The second-order valence-electron chi connectivity index (χ2n) is 7.01. The fourth-order valence-corrected chi connectivity index (χ4v) is 4.47. The lowest BCUT2D eigenvalue weighted by Crippen LogP contribution is -2.27. The summed E-state index contributed by atoms with van der Waals surface area (Å²) in [5.74, 6) is 4.06. The van der Waals surface area contributed by atoms with Crippen LogP contribution in [-0.4, -0.2) is 13.2 Å². The van der Waals surface area contributed by atoms with Gasteiger partial charge in [0.15, 0.2) is 0 Å². The summed E-state index contributed by atoms with van der Waals surface area (Å²) >= 11 is 0. The zero-order chi connectivity index (χ0) is 13.5. The van der Waals surface area contributed by atoms with Crippen LogP contribution in [0.4, 0.5) is 0 Å². The van der Waals surface area contributed by atoms with Gasteiger partial charge in [-0.05, 0) is 69.1 Å². The van der Waals surface area contributed by atoms with E-state index in [4.69, 9.17) is 4.74 Å². The third-order valence-electron chi connectivity index (χ3n) is 5.70. The van der Waals surface area contributed by atoms with E-state index in [0.717, 1.165) is 36.9 Å². The van der Waals surface area contributed by atoms with Gasteiger partial charge in [-0.25, -0.2) is 0 Å². The SMILES string of the molecule is CCC[C@H]1CC[C@H]([C@H]2CC[C@H](COCC)CC2)CC1. The fourth-order valence-electron chi connectivity index (χ4n) is 4.47. The zero-order valence-electron chi connectivity index (χ0n) is 13.2. The first-order chi connectivity index (χ1) is 9.33. The van der Waals surface area contributed by atoms with Crippen molar-refractivity contribution in [3.63, 3.8) is 0 Å². The summed E-state index contributed by atoms with van der Waals surface area (Å²) in [6.45, 7) is 6.36. The summed E-state index contributed by atoms with van der Waals surface area (Å²) < 4.78 is 5.59. The second kappa shape index (κ2) is 8.29. The van der Waals surface area contributed by atoms with Crippen molar-refractivity contribution >= 4 is 0 Å². The smallest absolute Gasteiger partial charge is 0.0494 e. The summed E-state index contributed by atoms with van der Waals surface area (Å²) in [5.41, 5.74) is 0. The highest BCUT2D eigenvalue weighted by Gasteiger charge is 2.30. The average Bonchev–Trinajstić information content (AvgIpc) is 2.47. The Morgan fingerprint density at radius 2 is 1.26 bits per heavy atom. The van der Waals surface area contributed by atoms with Gasteiger partial charge in [0.1, 0.15) is 0 Å². The van der Waals surface area contributed by atoms with E-state index in [1.807, 2.05) is 0 Å². The van der Waals surface area contributed by atoms with E-state index in [1.54, 1.807) is 0 Å². The van der Waals surface area contributed by atoms with Crippen LogP contribution in [0.15, 0.2) is 0 Å². The minimum absolute atomic E-state index is 0.868. The highest BCUT2D eigenvalue weighted by molar-refractivity contribution is 4.81. The molecule has 0 amide bonds. The molecule has 0 saturated heterocycles. The Morgan fingerprint density at radius 3 is 1.74 bits per heavy atom. The lowest BCUT2D eigenvalue weighted by atomic mass is 9.69. The zero-order valence-corrected chi connectivity index (χ0v) is 13.2. The van der Waals surface area contributed by atoms with Crippen LogP contribution < -0.4 is 0 Å². The molecule has 0 bridgehead atoms. The van der Waals surface area contributed by atoms with Crippen LogP contribution in [0.5, 0.6) is 0 Å². The molecule has 19 heavy (non-hydrogen) atoms. The molecule has 112 valence electrons. The molecule has 0 aromatic rings. The largest absolute Gasteiger partial charge is 0.381 e. The van der Waals surface area contributed by atoms with Crippen molar-refractivity contribution in [1.29, 1.82) is 0 Å². The highest BCUT2D eigenvalue weighted by atomic mass is 16.5. The molecule has 0 N–H and O–H groups in total. The predicted molar refractivity (Wildman–Crippen MR) is 82.3 cm³/mol. The summed E-state index contributed by atoms with van der Waals surface area (Å²) in [6.07, 6.45) is 14.8. The number of hydrogen-bond acceptors (Lipinski definition) is 1. The van der Waals surface area contributed by atoms with Crippen LogP contribution in [0.2, 0.25) is 0 Å². The van der Waals surface area contributed by atoms with Crippen molar-refractivity contribution in [2.45, 2.75) is 78.1 Å². The first-order valence-corrected chi connectivity index (χ1v) is 8.91. The number of hydrogen-bond donors (Lipinski definition) is 0. The Balaban J connectivity index is 1.65. The van der Waals surface area contributed by atoms with E-state index in [-0.39, 0.29) is 0 Å².